The molecule has 122 valence electrons. The predicted molar refractivity (Wildman–Crippen MR) is 94.3 cm³/mol. The Labute approximate surface area is 149 Å². The lowest BCUT2D eigenvalue weighted by Crippen LogP contribution is -2.11. The Morgan fingerprint density at radius 1 is 1.12 bits per heavy atom. The summed E-state index contributed by atoms with van der Waals surface area (Å²) in [6.45, 7) is 1.63. The van der Waals surface area contributed by atoms with Gasteiger partial charge in [0.25, 0.3) is 5.91 Å². The van der Waals surface area contributed by atoms with E-state index in [4.69, 9.17) is 0 Å². The molecule has 0 saturated heterocycles. The van der Waals surface area contributed by atoms with Crippen molar-refractivity contribution >= 4 is 38.9 Å². The predicted octanol–water partition coefficient (Wildman–Crippen LogP) is 5.41. The van der Waals surface area contributed by atoms with Crippen molar-refractivity contribution in [1.29, 1.82) is 0 Å². The largest absolute Gasteiger partial charge is 0.320 e. The molecule has 0 saturated carbocycles. The maximum absolute atomic E-state index is 13.9. The zero-order valence-electron chi connectivity index (χ0n) is 12.4. The van der Waals surface area contributed by atoms with Gasteiger partial charge in [-0.3, -0.25) is 4.79 Å². The molecule has 3 nitrogen and oxygen atoms in total. The number of para-hydroxylation sites is 1. The van der Waals surface area contributed by atoms with E-state index in [0.717, 1.165) is 27.9 Å². The number of nitrogens with zero attached hydrogens (tertiary/aromatic N) is 1. The van der Waals surface area contributed by atoms with Crippen molar-refractivity contribution in [3.63, 3.8) is 0 Å². The first kappa shape index (κ1) is 16.7. The minimum atomic E-state index is -0.707. The lowest BCUT2D eigenvalue weighted by atomic mass is 10.2. The molecule has 24 heavy (non-hydrogen) atoms. The van der Waals surface area contributed by atoms with Crippen LogP contribution in [0.5, 0.6) is 0 Å². The highest BCUT2D eigenvalue weighted by molar-refractivity contribution is 9.10. The van der Waals surface area contributed by atoms with Crippen molar-refractivity contribution in [2.24, 2.45) is 0 Å². The van der Waals surface area contributed by atoms with Gasteiger partial charge in [0.2, 0.25) is 0 Å². The van der Waals surface area contributed by atoms with E-state index >= 15 is 0 Å². The van der Waals surface area contributed by atoms with Gasteiger partial charge in [-0.25, -0.2) is 13.8 Å². The van der Waals surface area contributed by atoms with Crippen LogP contribution in [0.15, 0.2) is 46.9 Å². The maximum atomic E-state index is 13.9. The molecule has 3 aromatic rings. The summed E-state index contributed by atoms with van der Waals surface area (Å²) < 4.78 is 28.5. The lowest BCUT2D eigenvalue weighted by molar-refractivity contribution is 0.102. The van der Waals surface area contributed by atoms with Crippen molar-refractivity contribution in [3.05, 3.63) is 69.1 Å². The summed E-state index contributed by atoms with van der Waals surface area (Å²) in [6.07, 6.45) is 0. The lowest BCUT2D eigenvalue weighted by Gasteiger charge is -2.05. The average Bonchev–Trinajstić information content (AvgIpc) is 2.91. The first-order chi connectivity index (χ1) is 11.5. The molecule has 0 bridgehead atoms. The molecule has 1 N–H and O–H groups in total. The van der Waals surface area contributed by atoms with Crippen molar-refractivity contribution < 1.29 is 13.6 Å². The number of hydrogen-bond acceptors (Lipinski definition) is 3. The summed E-state index contributed by atoms with van der Waals surface area (Å²) >= 11 is 4.31. The van der Waals surface area contributed by atoms with Crippen LogP contribution in [0.2, 0.25) is 0 Å². The molecule has 0 spiro atoms. The number of rotatable bonds is 3. The number of thiazole rings is 1. The van der Waals surface area contributed by atoms with Crippen LogP contribution in [0.25, 0.3) is 10.6 Å². The minimum Gasteiger partial charge on any atom is -0.320 e. The Bertz CT molecular complexity index is 906. The standard InChI is InChI=1S/C17H11BrF2N2OS/c1-9-15(16(23)22-13-8-3-2-5-10(13)18)24-17(21-9)14-11(19)6-4-7-12(14)20/h2-8H,1H3,(H,22,23). The summed E-state index contributed by atoms with van der Waals surface area (Å²) in [7, 11) is 0. The Hall–Kier alpha value is -2.12. The summed E-state index contributed by atoms with van der Waals surface area (Å²) in [4.78, 5) is 16.9. The highest BCUT2D eigenvalue weighted by atomic mass is 79.9. The number of aryl methyl sites for hydroxylation is 1. The van der Waals surface area contributed by atoms with Crippen molar-refractivity contribution in [1.82, 2.24) is 4.98 Å². The zero-order valence-corrected chi connectivity index (χ0v) is 14.8. The van der Waals surface area contributed by atoms with Gasteiger partial charge >= 0.3 is 0 Å². The molecular weight excluding hydrogens is 398 g/mol. The zero-order chi connectivity index (χ0) is 17.3. The maximum Gasteiger partial charge on any atom is 0.267 e. The molecule has 0 radical (unpaired) electrons. The van der Waals surface area contributed by atoms with Crippen molar-refractivity contribution in [3.8, 4) is 10.6 Å². The van der Waals surface area contributed by atoms with E-state index < -0.39 is 11.6 Å². The quantitative estimate of drug-likeness (QED) is 0.629. The number of nitrogens with one attached hydrogen (secondary N) is 1. The number of benzene rings is 2. The SMILES string of the molecule is Cc1nc(-c2c(F)cccc2F)sc1C(=O)Nc1ccccc1Br. The second-order valence-electron chi connectivity index (χ2n) is 4.96. The normalized spacial score (nSPS) is 10.7. The van der Waals surface area contributed by atoms with Gasteiger partial charge in [-0.05, 0) is 47.1 Å². The fraction of sp³-hybridized carbons (Fsp3) is 0.0588. The molecule has 1 aromatic heterocycles. The topological polar surface area (TPSA) is 42.0 Å². The van der Waals surface area contributed by atoms with Crippen LogP contribution in [0.1, 0.15) is 15.4 Å². The van der Waals surface area contributed by atoms with Gasteiger partial charge in [-0.1, -0.05) is 18.2 Å². The van der Waals surface area contributed by atoms with E-state index in [1.807, 2.05) is 6.07 Å². The van der Waals surface area contributed by atoms with Crippen molar-refractivity contribution in [2.75, 3.05) is 5.32 Å². The Morgan fingerprint density at radius 3 is 2.46 bits per heavy atom. The van der Waals surface area contributed by atoms with Crippen LogP contribution in [-0.4, -0.2) is 10.9 Å². The number of anilines is 1. The fourth-order valence-corrected chi connectivity index (χ4v) is 3.55. The number of hydrogen-bond donors (Lipinski definition) is 1. The molecule has 0 aliphatic rings. The summed E-state index contributed by atoms with van der Waals surface area (Å²) in [5, 5.41) is 2.90. The third kappa shape index (κ3) is 3.22. The Morgan fingerprint density at radius 2 is 1.79 bits per heavy atom. The molecule has 0 aliphatic heterocycles. The highest BCUT2D eigenvalue weighted by Gasteiger charge is 2.21. The monoisotopic (exact) mass is 408 g/mol. The second-order valence-corrected chi connectivity index (χ2v) is 6.82. The van der Waals surface area contributed by atoms with Crippen LogP contribution >= 0.6 is 27.3 Å². The number of halogens is 3. The van der Waals surface area contributed by atoms with Gasteiger partial charge in [0.15, 0.2) is 0 Å². The van der Waals surface area contributed by atoms with E-state index in [0.29, 0.717) is 16.3 Å². The van der Waals surface area contributed by atoms with E-state index in [1.165, 1.54) is 6.07 Å². The van der Waals surface area contributed by atoms with Crippen LogP contribution in [0.3, 0.4) is 0 Å². The molecule has 2 aromatic carbocycles. The molecule has 1 heterocycles. The van der Waals surface area contributed by atoms with Gasteiger partial charge in [0, 0.05) is 4.47 Å². The van der Waals surface area contributed by atoms with Gasteiger partial charge in [-0.15, -0.1) is 11.3 Å². The van der Waals surface area contributed by atoms with Gasteiger partial charge < -0.3 is 5.32 Å². The molecule has 7 heteroatoms. The van der Waals surface area contributed by atoms with Gasteiger partial charge in [0.1, 0.15) is 21.5 Å². The average molecular weight is 409 g/mol. The van der Waals surface area contributed by atoms with Crippen LogP contribution in [0.4, 0.5) is 14.5 Å². The molecule has 0 atom stereocenters. The number of aromatic nitrogens is 1. The van der Waals surface area contributed by atoms with Crippen LogP contribution in [-0.2, 0) is 0 Å². The number of carbonyl (C=O) groups is 1. The molecule has 3 rings (SSSR count). The van der Waals surface area contributed by atoms with E-state index in [9.17, 15) is 13.6 Å². The molecule has 0 aliphatic carbocycles. The van der Waals surface area contributed by atoms with Crippen molar-refractivity contribution in [2.45, 2.75) is 6.92 Å². The van der Waals surface area contributed by atoms with E-state index in [1.54, 1.807) is 25.1 Å². The first-order valence-electron chi connectivity index (χ1n) is 6.95. The second kappa shape index (κ2) is 6.78. The summed E-state index contributed by atoms with van der Waals surface area (Å²) in [6, 6.07) is 10.8. The third-order valence-corrected chi connectivity index (χ3v) is 5.17. The Kier molecular flexibility index (Phi) is 4.73. The summed E-state index contributed by atoms with van der Waals surface area (Å²) in [5.41, 5.74) is 0.807. The molecule has 1 amide bonds. The van der Waals surface area contributed by atoms with Gasteiger partial charge in [-0.2, -0.15) is 0 Å². The van der Waals surface area contributed by atoms with Crippen LogP contribution < -0.4 is 5.32 Å². The Balaban J connectivity index is 1.95. The summed E-state index contributed by atoms with van der Waals surface area (Å²) in [5.74, 6) is -1.79. The fourth-order valence-electron chi connectivity index (χ4n) is 2.16. The smallest absolute Gasteiger partial charge is 0.267 e. The molecular formula is C17H11BrF2N2OS. The molecule has 0 unspecified atom stereocenters. The van der Waals surface area contributed by atoms with Crippen LogP contribution in [0, 0.1) is 18.6 Å². The number of amides is 1. The van der Waals surface area contributed by atoms with E-state index in [-0.39, 0.29) is 16.5 Å². The first-order valence-corrected chi connectivity index (χ1v) is 8.56. The van der Waals surface area contributed by atoms with Gasteiger partial charge in [0.05, 0.1) is 16.9 Å². The highest BCUT2D eigenvalue weighted by Crippen LogP contribution is 2.32. The van der Waals surface area contributed by atoms with E-state index in [2.05, 4.69) is 26.2 Å². The number of carbonyl (C=O) groups excluding carboxylic acids is 1. The minimum absolute atomic E-state index is 0.139. The molecule has 0 fully saturated rings. The third-order valence-electron chi connectivity index (χ3n) is 3.30.